The Labute approximate surface area is 199 Å². The smallest absolute Gasteiger partial charge is 0.106 e. The highest BCUT2D eigenvalue weighted by Crippen LogP contribution is 2.22. The Kier molecular flexibility index (Phi) is 8.67. The van der Waals surface area contributed by atoms with Crippen LogP contribution in [0.5, 0.6) is 0 Å². The molecule has 1 saturated heterocycles. The van der Waals surface area contributed by atoms with Crippen molar-refractivity contribution in [3.8, 4) is 0 Å². The van der Waals surface area contributed by atoms with Gasteiger partial charge in [0.1, 0.15) is 5.82 Å². The van der Waals surface area contributed by atoms with Crippen LogP contribution in [0.1, 0.15) is 60.8 Å². The number of piperidine rings is 1. The Bertz CT molecular complexity index is 959. The van der Waals surface area contributed by atoms with Crippen molar-refractivity contribution in [1.82, 2.24) is 24.8 Å². The summed E-state index contributed by atoms with van der Waals surface area (Å²) in [5, 5.41) is 0. The maximum absolute atomic E-state index is 4.62. The predicted molar refractivity (Wildman–Crippen MR) is 135 cm³/mol. The number of nitrogens with zero attached hydrogens (tertiary/aromatic N) is 4. The fourth-order valence-electron chi connectivity index (χ4n) is 4.85. The third-order valence-corrected chi connectivity index (χ3v) is 6.85. The summed E-state index contributed by atoms with van der Waals surface area (Å²) in [5.41, 5.74) is 5.37. The second-order valence-electron chi connectivity index (χ2n) is 9.64. The number of pyridine rings is 1. The molecule has 2 aromatic heterocycles. The van der Waals surface area contributed by atoms with Gasteiger partial charge in [-0.25, -0.2) is 4.98 Å². The number of aryl methyl sites for hydroxylation is 2. The standard InChI is InChI=1S/C28H39N5/c1-3-4-11-28-30-18-27(31-28)22-33(20-25-9-7-14-29-17-25)19-24-12-15-32(16-13-24)21-26-10-6-5-8-23(26)2/h5-10,14,17-18,24H,3-4,11-13,15-16,19-22H2,1-2H3,(H,30,31). The van der Waals surface area contributed by atoms with Gasteiger partial charge in [-0.15, -0.1) is 0 Å². The molecule has 0 atom stereocenters. The Hall–Kier alpha value is -2.50. The average Bonchev–Trinajstić information content (AvgIpc) is 3.28. The first-order valence-electron chi connectivity index (χ1n) is 12.6. The molecule has 0 spiro atoms. The molecule has 0 bridgehead atoms. The Morgan fingerprint density at radius 2 is 1.91 bits per heavy atom. The average molecular weight is 446 g/mol. The van der Waals surface area contributed by atoms with Crippen LogP contribution in [0.25, 0.3) is 0 Å². The molecule has 0 aliphatic carbocycles. The highest BCUT2D eigenvalue weighted by atomic mass is 15.2. The molecular weight excluding hydrogens is 406 g/mol. The van der Waals surface area contributed by atoms with E-state index in [-0.39, 0.29) is 0 Å². The van der Waals surface area contributed by atoms with Crippen LogP contribution >= 0.6 is 0 Å². The van der Waals surface area contributed by atoms with Crippen molar-refractivity contribution in [2.24, 2.45) is 5.92 Å². The number of nitrogens with one attached hydrogen (secondary N) is 1. The molecule has 5 nitrogen and oxygen atoms in total. The molecule has 0 amide bonds. The highest BCUT2D eigenvalue weighted by Gasteiger charge is 2.22. The molecule has 33 heavy (non-hydrogen) atoms. The number of hydrogen-bond donors (Lipinski definition) is 1. The van der Waals surface area contributed by atoms with Crippen molar-refractivity contribution in [3.63, 3.8) is 0 Å². The molecule has 5 heteroatoms. The maximum Gasteiger partial charge on any atom is 0.106 e. The molecule has 1 N–H and O–H groups in total. The van der Waals surface area contributed by atoms with Crippen molar-refractivity contribution >= 4 is 0 Å². The number of imidazole rings is 1. The van der Waals surface area contributed by atoms with E-state index in [1.54, 1.807) is 0 Å². The van der Waals surface area contributed by atoms with Gasteiger partial charge in [0, 0.05) is 56.9 Å². The van der Waals surface area contributed by atoms with Gasteiger partial charge in [-0.1, -0.05) is 43.7 Å². The molecule has 0 radical (unpaired) electrons. The quantitative estimate of drug-likeness (QED) is 0.431. The topological polar surface area (TPSA) is 48.1 Å². The van der Waals surface area contributed by atoms with E-state index in [2.05, 4.69) is 68.9 Å². The third-order valence-electron chi connectivity index (χ3n) is 6.85. The molecule has 176 valence electrons. The van der Waals surface area contributed by atoms with Crippen LogP contribution < -0.4 is 0 Å². The fraction of sp³-hybridized carbons (Fsp3) is 0.500. The van der Waals surface area contributed by atoms with E-state index < -0.39 is 0 Å². The van der Waals surface area contributed by atoms with Gasteiger partial charge in [-0.05, 0) is 68.0 Å². The number of benzene rings is 1. The van der Waals surface area contributed by atoms with Gasteiger partial charge in [-0.2, -0.15) is 0 Å². The molecule has 1 aromatic carbocycles. The molecule has 1 aliphatic rings. The van der Waals surface area contributed by atoms with E-state index in [0.717, 1.165) is 44.3 Å². The number of unbranched alkanes of at least 4 members (excludes halogenated alkanes) is 1. The summed E-state index contributed by atoms with van der Waals surface area (Å²) >= 11 is 0. The minimum absolute atomic E-state index is 0.734. The first-order valence-corrected chi connectivity index (χ1v) is 12.6. The van der Waals surface area contributed by atoms with Crippen molar-refractivity contribution in [2.45, 2.75) is 65.6 Å². The lowest BCUT2D eigenvalue weighted by atomic mass is 9.95. The third kappa shape index (κ3) is 7.24. The number of aromatic nitrogens is 3. The SMILES string of the molecule is CCCCc1ncc(CN(Cc2cccnc2)CC2CCN(Cc3ccccc3C)CC2)[nH]1. The molecular formula is C28H39N5. The minimum Gasteiger partial charge on any atom is -0.345 e. The van der Waals surface area contributed by atoms with Gasteiger partial charge < -0.3 is 4.98 Å². The summed E-state index contributed by atoms with van der Waals surface area (Å²) in [5.74, 6) is 1.86. The summed E-state index contributed by atoms with van der Waals surface area (Å²) in [7, 11) is 0. The van der Waals surface area contributed by atoms with Crippen LogP contribution in [-0.4, -0.2) is 44.4 Å². The molecule has 0 unspecified atom stereocenters. The first kappa shape index (κ1) is 23.7. The second kappa shape index (κ2) is 12.1. The Morgan fingerprint density at radius 3 is 2.67 bits per heavy atom. The normalized spacial score (nSPS) is 15.4. The first-order chi connectivity index (χ1) is 16.2. The van der Waals surface area contributed by atoms with Gasteiger partial charge >= 0.3 is 0 Å². The van der Waals surface area contributed by atoms with Crippen LogP contribution in [-0.2, 0) is 26.1 Å². The number of hydrogen-bond acceptors (Lipinski definition) is 4. The lowest BCUT2D eigenvalue weighted by Gasteiger charge is -2.35. The van der Waals surface area contributed by atoms with E-state index in [9.17, 15) is 0 Å². The summed E-state index contributed by atoms with van der Waals surface area (Å²) < 4.78 is 0. The van der Waals surface area contributed by atoms with E-state index >= 15 is 0 Å². The molecule has 1 fully saturated rings. The molecule has 4 rings (SSSR count). The Balaban J connectivity index is 1.34. The summed E-state index contributed by atoms with van der Waals surface area (Å²) in [6.45, 7) is 10.9. The lowest BCUT2D eigenvalue weighted by Crippen LogP contribution is -2.38. The van der Waals surface area contributed by atoms with Gasteiger partial charge in [0.2, 0.25) is 0 Å². The van der Waals surface area contributed by atoms with Crippen LogP contribution in [0.4, 0.5) is 0 Å². The van der Waals surface area contributed by atoms with Gasteiger partial charge in [0.05, 0.1) is 0 Å². The van der Waals surface area contributed by atoms with Gasteiger partial charge in [0.25, 0.3) is 0 Å². The zero-order valence-electron chi connectivity index (χ0n) is 20.3. The van der Waals surface area contributed by atoms with Crippen molar-refractivity contribution < 1.29 is 0 Å². The number of H-pyrrole nitrogens is 1. The lowest BCUT2D eigenvalue weighted by molar-refractivity contribution is 0.131. The summed E-state index contributed by atoms with van der Waals surface area (Å²) in [4.78, 5) is 17.7. The number of rotatable bonds is 11. The monoisotopic (exact) mass is 445 g/mol. The molecule has 3 aromatic rings. The van der Waals surface area contributed by atoms with Crippen LogP contribution in [0.2, 0.25) is 0 Å². The van der Waals surface area contributed by atoms with E-state index in [0.29, 0.717) is 0 Å². The fourth-order valence-corrected chi connectivity index (χ4v) is 4.85. The van der Waals surface area contributed by atoms with Crippen molar-refractivity contribution in [1.29, 1.82) is 0 Å². The Morgan fingerprint density at radius 1 is 1.06 bits per heavy atom. The minimum atomic E-state index is 0.734. The number of aromatic amines is 1. The van der Waals surface area contributed by atoms with E-state index in [4.69, 9.17) is 0 Å². The highest BCUT2D eigenvalue weighted by molar-refractivity contribution is 5.25. The van der Waals surface area contributed by atoms with Crippen molar-refractivity contribution in [3.05, 3.63) is 83.2 Å². The van der Waals surface area contributed by atoms with Gasteiger partial charge in [-0.3, -0.25) is 14.8 Å². The molecule has 3 heterocycles. The zero-order chi connectivity index (χ0) is 22.9. The van der Waals surface area contributed by atoms with Crippen LogP contribution in [0.15, 0.2) is 55.0 Å². The number of likely N-dealkylation sites (tertiary alicyclic amines) is 1. The van der Waals surface area contributed by atoms with Crippen LogP contribution in [0.3, 0.4) is 0 Å². The molecule has 0 saturated carbocycles. The largest absolute Gasteiger partial charge is 0.345 e. The van der Waals surface area contributed by atoms with E-state index in [1.165, 1.54) is 61.2 Å². The maximum atomic E-state index is 4.62. The second-order valence-corrected chi connectivity index (χ2v) is 9.64. The predicted octanol–water partition coefficient (Wildman–Crippen LogP) is 5.37. The summed E-state index contributed by atoms with van der Waals surface area (Å²) in [6.07, 6.45) is 11.8. The zero-order valence-corrected chi connectivity index (χ0v) is 20.3. The van der Waals surface area contributed by atoms with Gasteiger partial charge in [0.15, 0.2) is 0 Å². The van der Waals surface area contributed by atoms with Crippen LogP contribution in [0, 0.1) is 12.8 Å². The summed E-state index contributed by atoms with van der Waals surface area (Å²) in [6, 6.07) is 13.0. The van der Waals surface area contributed by atoms with E-state index in [1.807, 2.05) is 24.7 Å². The molecule has 1 aliphatic heterocycles. The van der Waals surface area contributed by atoms with Crippen molar-refractivity contribution in [2.75, 3.05) is 19.6 Å².